The number of hydrogen-bond acceptors (Lipinski definition) is 4. The SMILES string of the molecule is O=C(NCC1CCN(C2CCOCC2)CC1)C(=O)Nc1ccc(C(F)(F)F)cc1. The average Bonchev–Trinajstić information content (AvgIpc) is 2.72. The summed E-state index contributed by atoms with van der Waals surface area (Å²) in [6.45, 7) is 4.00. The van der Waals surface area contributed by atoms with Gasteiger partial charge in [0, 0.05) is 31.5 Å². The average molecular weight is 413 g/mol. The molecule has 160 valence electrons. The lowest BCUT2D eigenvalue weighted by Crippen LogP contribution is -2.46. The molecule has 0 radical (unpaired) electrons. The van der Waals surface area contributed by atoms with Crippen molar-refractivity contribution in [1.29, 1.82) is 0 Å². The summed E-state index contributed by atoms with van der Waals surface area (Å²) in [6.07, 6.45) is -0.409. The number of nitrogens with zero attached hydrogens (tertiary/aromatic N) is 1. The van der Waals surface area contributed by atoms with Crippen molar-refractivity contribution in [3.63, 3.8) is 0 Å². The van der Waals surface area contributed by atoms with E-state index < -0.39 is 23.6 Å². The summed E-state index contributed by atoms with van der Waals surface area (Å²) >= 11 is 0. The van der Waals surface area contributed by atoms with Gasteiger partial charge in [0.1, 0.15) is 0 Å². The molecule has 2 heterocycles. The van der Waals surface area contributed by atoms with Gasteiger partial charge in [-0.3, -0.25) is 9.59 Å². The fourth-order valence-corrected chi connectivity index (χ4v) is 3.82. The summed E-state index contributed by atoms with van der Waals surface area (Å²) in [4.78, 5) is 26.4. The first-order chi connectivity index (χ1) is 13.8. The number of benzene rings is 1. The summed E-state index contributed by atoms with van der Waals surface area (Å²) < 4.78 is 43.1. The number of hydrogen-bond donors (Lipinski definition) is 2. The number of carbonyl (C=O) groups excluding carboxylic acids is 2. The van der Waals surface area contributed by atoms with Crippen LogP contribution in [0.2, 0.25) is 0 Å². The summed E-state index contributed by atoms with van der Waals surface area (Å²) in [7, 11) is 0. The van der Waals surface area contributed by atoms with E-state index in [0.717, 1.165) is 76.3 Å². The van der Waals surface area contributed by atoms with Crippen molar-refractivity contribution < 1.29 is 27.5 Å². The molecule has 9 heteroatoms. The van der Waals surface area contributed by atoms with Crippen LogP contribution < -0.4 is 10.6 Å². The Bertz CT molecular complexity index is 695. The van der Waals surface area contributed by atoms with E-state index in [1.54, 1.807) is 0 Å². The van der Waals surface area contributed by atoms with E-state index in [1.807, 2.05) is 0 Å². The van der Waals surface area contributed by atoms with Crippen molar-refractivity contribution in [1.82, 2.24) is 10.2 Å². The van der Waals surface area contributed by atoms with Crippen LogP contribution in [0.1, 0.15) is 31.2 Å². The number of amides is 2. The Hall–Kier alpha value is -2.13. The number of carbonyl (C=O) groups is 2. The maximum absolute atomic E-state index is 12.6. The molecule has 2 fully saturated rings. The monoisotopic (exact) mass is 413 g/mol. The highest BCUT2D eigenvalue weighted by Gasteiger charge is 2.30. The lowest BCUT2D eigenvalue weighted by Gasteiger charge is -2.39. The molecule has 6 nitrogen and oxygen atoms in total. The van der Waals surface area contributed by atoms with Crippen molar-refractivity contribution in [2.45, 2.75) is 37.9 Å². The fourth-order valence-electron chi connectivity index (χ4n) is 3.82. The molecule has 3 rings (SSSR count). The van der Waals surface area contributed by atoms with Crippen LogP contribution in [-0.4, -0.2) is 55.6 Å². The van der Waals surface area contributed by atoms with Gasteiger partial charge in [-0.25, -0.2) is 0 Å². The second-order valence-corrected chi connectivity index (χ2v) is 7.56. The molecular weight excluding hydrogens is 387 g/mol. The highest BCUT2D eigenvalue weighted by molar-refractivity contribution is 6.39. The Morgan fingerprint density at radius 1 is 1.00 bits per heavy atom. The second-order valence-electron chi connectivity index (χ2n) is 7.56. The van der Waals surface area contributed by atoms with Gasteiger partial charge in [-0.2, -0.15) is 13.2 Å². The quantitative estimate of drug-likeness (QED) is 0.745. The zero-order valence-corrected chi connectivity index (χ0v) is 16.1. The Morgan fingerprint density at radius 2 is 1.62 bits per heavy atom. The van der Waals surface area contributed by atoms with E-state index in [2.05, 4.69) is 15.5 Å². The highest BCUT2D eigenvalue weighted by Crippen LogP contribution is 2.29. The van der Waals surface area contributed by atoms with E-state index in [9.17, 15) is 22.8 Å². The van der Waals surface area contributed by atoms with Gasteiger partial charge in [0.15, 0.2) is 0 Å². The summed E-state index contributed by atoms with van der Waals surface area (Å²) in [5, 5.41) is 4.95. The molecule has 0 bridgehead atoms. The second kappa shape index (κ2) is 9.58. The van der Waals surface area contributed by atoms with Crippen molar-refractivity contribution in [2.24, 2.45) is 5.92 Å². The molecule has 1 aromatic carbocycles. The predicted molar refractivity (Wildman–Crippen MR) is 101 cm³/mol. The number of anilines is 1. The molecule has 0 aliphatic carbocycles. The first-order valence-corrected chi connectivity index (χ1v) is 9.91. The van der Waals surface area contributed by atoms with E-state index in [0.29, 0.717) is 18.5 Å². The Kier molecular flexibility index (Phi) is 7.13. The molecule has 0 aromatic heterocycles. The molecular formula is C20H26F3N3O3. The third-order valence-electron chi connectivity index (χ3n) is 5.58. The molecule has 2 saturated heterocycles. The van der Waals surface area contributed by atoms with Crippen LogP contribution in [0, 0.1) is 5.92 Å². The Labute approximate surface area is 167 Å². The number of halogens is 3. The Balaban J connectivity index is 1.38. The van der Waals surface area contributed by atoms with Gasteiger partial charge >= 0.3 is 18.0 Å². The smallest absolute Gasteiger partial charge is 0.381 e. The number of piperidine rings is 1. The van der Waals surface area contributed by atoms with Gasteiger partial charge in [0.05, 0.1) is 5.56 Å². The van der Waals surface area contributed by atoms with Gasteiger partial charge in [0.2, 0.25) is 0 Å². The molecule has 1 aromatic rings. The van der Waals surface area contributed by atoms with E-state index in [4.69, 9.17) is 4.74 Å². The standard InChI is InChI=1S/C20H26F3N3O3/c21-20(22,23)15-1-3-16(4-2-15)25-19(28)18(27)24-13-14-5-9-26(10-6-14)17-7-11-29-12-8-17/h1-4,14,17H,5-13H2,(H,24,27)(H,25,28). The minimum absolute atomic E-state index is 0.142. The third-order valence-corrected chi connectivity index (χ3v) is 5.58. The molecule has 2 N–H and O–H groups in total. The molecule has 2 amide bonds. The fraction of sp³-hybridized carbons (Fsp3) is 0.600. The maximum Gasteiger partial charge on any atom is 0.416 e. The van der Waals surface area contributed by atoms with Gasteiger partial charge < -0.3 is 20.3 Å². The summed E-state index contributed by atoms with van der Waals surface area (Å²) in [5.74, 6) is -1.35. The van der Waals surface area contributed by atoms with Gasteiger partial charge in [-0.15, -0.1) is 0 Å². The van der Waals surface area contributed by atoms with E-state index in [1.165, 1.54) is 0 Å². The van der Waals surface area contributed by atoms with Crippen LogP contribution >= 0.6 is 0 Å². The molecule has 29 heavy (non-hydrogen) atoms. The highest BCUT2D eigenvalue weighted by atomic mass is 19.4. The molecule has 2 aliphatic heterocycles. The van der Waals surface area contributed by atoms with Crippen molar-refractivity contribution in [3.8, 4) is 0 Å². The van der Waals surface area contributed by atoms with Crippen molar-refractivity contribution in [2.75, 3.05) is 38.2 Å². The van der Waals surface area contributed by atoms with Crippen LogP contribution in [-0.2, 0) is 20.5 Å². The molecule has 0 atom stereocenters. The topological polar surface area (TPSA) is 70.7 Å². The van der Waals surface area contributed by atoms with E-state index >= 15 is 0 Å². The van der Waals surface area contributed by atoms with Crippen LogP contribution in [0.4, 0.5) is 18.9 Å². The van der Waals surface area contributed by atoms with Crippen LogP contribution in [0.15, 0.2) is 24.3 Å². The molecule has 2 aliphatic rings. The minimum Gasteiger partial charge on any atom is -0.381 e. The molecule has 0 saturated carbocycles. The lowest BCUT2D eigenvalue weighted by molar-refractivity contribution is -0.137. The van der Waals surface area contributed by atoms with Crippen LogP contribution in [0.5, 0.6) is 0 Å². The van der Waals surface area contributed by atoms with Gasteiger partial charge in [-0.1, -0.05) is 0 Å². The lowest BCUT2D eigenvalue weighted by atomic mass is 9.94. The number of rotatable bonds is 4. The maximum atomic E-state index is 12.6. The third kappa shape index (κ3) is 6.17. The van der Waals surface area contributed by atoms with Gasteiger partial charge in [0.25, 0.3) is 0 Å². The number of likely N-dealkylation sites (tertiary alicyclic amines) is 1. The predicted octanol–water partition coefficient (Wildman–Crippen LogP) is 2.65. The van der Waals surface area contributed by atoms with Crippen molar-refractivity contribution in [3.05, 3.63) is 29.8 Å². The Morgan fingerprint density at radius 3 is 2.21 bits per heavy atom. The summed E-state index contributed by atoms with van der Waals surface area (Å²) in [6, 6.07) is 4.55. The molecule has 0 spiro atoms. The minimum atomic E-state index is -4.44. The van der Waals surface area contributed by atoms with Crippen LogP contribution in [0.3, 0.4) is 0 Å². The first-order valence-electron chi connectivity index (χ1n) is 9.91. The number of ether oxygens (including phenoxy) is 1. The first kappa shape index (κ1) is 21.6. The van der Waals surface area contributed by atoms with Gasteiger partial charge in [-0.05, 0) is 69.0 Å². The zero-order valence-electron chi connectivity index (χ0n) is 16.1. The van der Waals surface area contributed by atoms with Crippen LogP contribution in [0.25, 0.3) is 0 Å². The zero-order chi connectivity index (χ0) is 20.9. The summed E-state index contributed by atoms with van der Waals surface area (Å²) in [5.41, 5.74) is -0.671. The normalized spacial score (nSPS) is 19.7. The molecule has 0 unspecified atom stereocenters. The largest absolute Gasteiger partial charge is 0.416 e. The number of alkyl halides is 3. The van der Waals surface area contributed by atoms with E-state index in [-0.39, 0.29) is 5.69 Å². The number of nitrogens with one attached hydrogen (secondary N) is 2. The van der Waals surface area contributed by atoms with Crippen molar-refractivity contribution >= 4 is 17.5 Å².